The molecule has 0 bridgehead atoms. The zero-order valence-electron chi connectivity index (χ0n) is 20.8. The summed E-state index contributed by atoms with van der Waals surface area (Å²) in [7, 11) is 0. The number of nitro benzene ring substituents is 1. The molecule has 2 aromatic carbocycles. The standard InChI is InChI=1S/C27H28N2O7S/c1-4-35-26(31)23-17(3)28-21(15-37-16-22(30)18-10-7-6-8-11-18)25(27(32)36-5-2)24(23)19-12-9-13-20(14-19)29(33)34/h6-14,23-24H,4-5,15-16H2,1-3H3. The summed E-state index contributed by atoms with van der Waals surface area (Å²) < 4.78 is 10.6. The molecule has 0 radical (unpaired) electrons. The number of nitro groups is 1. The highest BCUT2D eigenvalue weighted by Gasteiger charge is 2.43. The number of carbonyl (C=O) groups excluding carboxylic acids is 3. The first-order valence-electron chi connectivity index (χ1n) is 11.8. The number of esters is 2. The number of aliphatic imine (C=N–C) groups is 1. The van der Waals surface area contributed by atoms with Gasteiger partial charge in [-0.3, -0.25) is 24.7 Å². The van der Waals surface area contributed by atoms with Crippen LogP contribution in [0.15, 0.2) is 70.9 Å². The predicted molar refractivity (Wildman–Crippen MR) is 141 cm³/mol. The van der Waals surface area contributed by atoms with Gasteiger partial charge in [-0.05, 0) is 26.3 Å². The lowest BCUT2D eigenvalue weighted by Gasteiger charge is -2.32. The Labute approximate surface area is 219 Å². The minimum Gasteiger partial charge on any atom is -0.465 e. The number of rotatable bonds is 11. The Hall–Kier alpha value is -3.79. The fourth-order valence-electron chi connectivity index (χ4n) is 4.17. The third kappa shape index (κ3) is 6.71. The van der Waals surface area contributed by atoms with Gasteiger partial charge in [0.15, 0.2) is 5.78 Å². The zero-order valence-corrected chi connectivity index (χ0v) is 21.7. The van der Waals surface area contributed by atoms with E-state index < -0.39 is 28.7 Å². The maximum Gasteiger partial charge on any atom is 0.336 e. The van der Waals surface area contributed by atoms with E-state index in [1.165, 1.54) is 30.0 Å². The monoisotopic (exact) mass is 524 g/mol. The Kier molecular flexibility index (Phi) is 9.73. The molecular weight excluding hydrogens is 496 g/mol. The van der Waals surface area contributed by atoms with Gasteiger partial charge in [0.05, 0.1) is 35.2 Å². The second-order valence-electron chi connectivity index (χ2n) is 8.18. The molecule has 1 aliphatic rings. The molecule has 0 fully saturated rings. The molecule has 0 aromatic heterocycles. The second kappa shape index (κ2) is 13.0. The maximum atomic E-state index is 13.3. The van der Waals surface area contributed by atoms with E-state index in [1.54, 1.807) is 51.1 Å². The minimum absolute atomic E-state index is 0.0694. The van der Waals surface area contributed by atoms with E-state index in [2.05, 4.69) is 4.99 Å². The number of ketones is 1. The van der Waals surface area contributed by atoms with Gasteiger partial charge in [-0.2, -0.15) is 0 Å². The van der Waals surface area contributed by atoms with Crippen molar-refractivity contribution in [2.24, 2.45) is 10.9 Å². The highest BCUT2D eigenvalue weighted by molar-refractivity contribution is 8.00. The summed E-state index contributed by atoms with van der Waals surface area (Å²) in [6.45, 7) is 5.20. The number of ether oxygens (including phenoxy) is 2. The first-order valence-corrected chi connectivity index (χ1v) is 13.0. The number of carbonyl (C=O) groups is 3. The SMILES string of the molecule is CCOC(=O)C1=C(CSCC(=O)c2ccccc2)N=C(C)C(C(=O)OCC)C1c1cccc([N+](=O)[O-])c1. The molecule has 37 heavy (non-hydrogen) atoms. The quantitative estimate of drug-likeness (QED) is 0.178. The number of nitrogens with zero attached hydrogens (tertiary/aromatic N) is 2. The fourth-order valence-corrected chi connectivity index (χ4v) is 5.04. The topological polar surface area (TPSA) is 125 Å². The summed E-state index contributed by atoms with van der Waals surface area (Å²) in [5.74, 6) is -2.86. The summed E-state index contributed by atoms with van der Waals surface area (Å²) in [5.41, 5.74) is 1.70. The van der Waals surface area contributed by atoms with Crippen LogP contribution in [0.5, 0.6) is 0 Å². The van der Waals surface area contributed by atoms with E-state index in [0.29, 0.717) is 22.5 Å². The molecule has 0 saturated carbocycles. The Morgan fingerprint density at radius 1 is 1.03 bits per heavy atom. The number of non-ortho nitro benzene ring substituents is 1. The van der Waals surface area contributed by atoms with Crippen LogP contribution in [0.25, 0.3) is 0 Å². The maximum absolute atomic E-state index is 13.3. The van der Waals surface area contributed by atoms with Gasteiger partial charge in [0.25, 0.3) is 5.69 Å². The van der Waals surface area contributed by atoms with Gasteiger partial charge < -0.3 is 9.47 Å². The summed E-state index contributed by atoms with van der Waals surface area (Å²) in [4.78, 5) is 54.4. The zero-order chi connectivity index (χ0) is 26.9. The predicted octanol–water partition coefficient (Wildman–Crippen LogP) is 4.77. The van der Waals surface area contributed by atoms with Crippen LogP contribution in [0.1, 0.15) is 42.6 Å². The van der Waals surface area contributed by atoms with E-state index >= 15 is 0 Å². The van der Waals surface area contributed by atoms with E-state index in [4.69, 9.17) is 9.47 Å². The largest absolute Gasteiger partial charge is 0.465 e. The van der Waals surface area contributed by atoms with Crippen LogP contribution in [0, 0.1) is 16.0 Å². The first kappa shape index (κ1) is 27.8. The molecule has 194 valence electrons. The highest BCUT2D eigenvalue weighted by atomic mass is 32.2. The normalized spacial score (nSPS) is 17.1. The van der Waals surface area contributed by atoms with E-state index in [9.17, 15) is 24.5 Å². The van der Waals surface area contributed by atoms with Gasteiger partial charge in [0, 0.05) is 35.1 Å². The molecule has 0 N–H and O–H groups in total. The van der Waals surface area contributed by atoms with Crippen molar-refractivity contribution < 1.29 is 28.8 Å². The Morgan fingerprint density at radius 3 is 2.38 bits per heavy atom. The lowest BCUT2D eigenvalue weighted by Crippen LogP contribution is -2.37. The van der Waals surface area contributed by atoms with Crippen LogP contribution in [-0.4, -0.2) is 53.1 Å². The Morgan fingerprint density at radius 2 is 1.73 bits per heavy atom. The first-order chi connectivity index (χ1) is 17.8. The summed E-state index contributed by atoms with van der Waals surface area (Å²) in [6.07, 6.45) is 0. The van der Waals surface area contributed by atoms with E-state index in [-0.39, 0.29) is 41.8 Å². The van der Waals surface area contributed by atoms with E-state index in [1.807, 2.05) is 6.07 Å². The summed E-state index contributed by atoms with van der Waals surface area (Å²) >= 11 is 1.28. The average Bonchev–Trinajstić information content (AvgIpc) is 2.89. The lowest BCUT2D eigenvalue weighted by molar-refractivity contribution is -0.384. The molecule has 9 nitrogen and oxygen atoms in total. The van der Waals surface area contributed by atoms with Crippen LogP contribution in [0.3, 0.4) is 0 Å². The average molecular weight is 525 g/mol. The number of hydrogen-bond donors (Lipinski definition) is 0. The van der Waals surface area contributed by atoms with Crippen LogP contribution < -0.4 is 0 Å². The van der Waals surface area contributed by atoms with Crippen molar-refractivity contribution in [2.75, 3.05) is 24.7 Å². The molecule has 2 unspecified atom stereocenters. The van der Waals surface area contributed by atoms with Crippen LogP contribution in [0.2, 0.25) is 0 Å². The molecule has 0 amide bonds. The molecule has 0 aliphatic carbocycles. The molecule has 1 aliphatic heterocycles. The molecule has 10 heteroatoms. The van der Waals surface area contributed by atoms with E-state index in [0.717, 1.165) is 0 Å². The smallest absolute Gasteiger partial charge is 0.336 e. The Bertz CT molecular complexity index is 1240. The van der Waals surface area contributed by atoms with Gasteiger partial charge in [0.2, 0.25) is 0 Å². The summed E-state index contributed by atoms with van der Waals surface area (Å²) in [6, 6.07) is 14.7. The van der Waals surface area contributed by atoms with Gasteiger partial charge >= 0.3 is 11.9 Å². The highest BCUT2D eigenvalue weighted by Crippen LogP contribution is 2.41. The molecule has 1 heterocycles. The molecule has 0 saturated heterocycles. The number of Topliss-reactive ketones (excluding diaryl/α,β-unsaturated/α-hetero) is 1. The molecule has 2 aromatic rings. The van der Waals surface area contributed by atoms with Gasteiger partial charge in [-0.1, -0.05) is 42.5 Å². The van der Waals surface area contributed by atoms with Crippen LogP contribution >= 0.6 is 11.8 Å². The number of hydrogen-bond acceptors (Lipinski definition) is 9. The van der Waals surface area contributed by atoms with Crippen molar-refractivity contribution in [3.63, 3.8) is 0 Å². The Balaban J connectivity index is 2.05. The third-order valence-corrected chi connectivity index (χ3v) is 6.70. The molecular formula is C27H28N2O7S. The molecule has 2 atom stereocenters. The lowest BCUT2D eigenvalue weighted by atomic mass is 9.75. The fraction of sp³-hybridized carbons (Fsp3) is 0.333. The molecule has 3 rings (SSSR count). The molecule has 0 spiro atoms. The van der Waals surface area contributed by atoms with Crippen molar-refractivity contribution in [1.29, 1.82) is 0 Å². The van der Waals surface area contributed by atoms with Crippen LogP contribution in [-0.2, 0) is 19.1 Å². The van der Waals surface area contributed by atoms with Gasteiger partial charge in [0.1, 0.15) is 5.92 Å². The number of benzene rings is 2. The van der Waals surface area contributed by atoms with Crippen molar-refractivity contribution in [3.8, 4) is 0 Å². The van der Waals surface area contributed by atoms with Crippen molar-refractivity contribution in [2.45, 2.75) is 26.7 Å². The van der Waals surface area contributed by atoms with Crippen molar-refractivity contribution in [3.05, 3.63) is 87.1 Å². The van der Waals surface area contributed by atoms with Crippen molar-refractivity contribution in [1.82, 2.24) is 0 Å². The van der Waals surface area contributed by atoms with Crippen LogP contribution in [0.4, 0.5) is 5.69 Å². The van der Waals surface area contributed by atoms with Gasteiger partial charge in [-0.15, -0.1) is 11.8 Å². The minimum atomic E-state index is -0.971. The van der Waals surface area contributed by atoms with Crippen molar-refractivity contribution >= 4 is 40.9 Å². The van der Waals surface area contributed by atoms with Gasteiger partial charge in [-0.25, -0.2) is 4.79 Å². The number of thioether (sulfide) groups is 1. The third-order valence-electron chi connectivity index (χ3n) is 5.76. The second-order valence-corrected chi connectivity index (χ2v) is 9.16. The summed E-state index contributed by atoms with van der Waals surface area (Å²) in [5, 5.41) is 11.5.